The molecule has 0 radical (unpaired) electrons. The van der Waals surface area contributed by atoms with Gasteiger partial charge >= 0.3 is 0 Å². The summed E-state index contributed by atoms with van der Waals surface area (Å²) in [6, 6.07) is 13.4. The van der Waals surface area contributed by atoms with E-state index in [9.17, 15) is 9.18 Å². The minimum atomic E-state index is -0.369. The summed E-state index contributed by atoms with van der Waals surface area (Å²) in [7, 11) is 0. The Morgan fingerprint density at radius 3 is 2.88 bits per heavy atom. The molecule has 4 rings (SSSR count). The first-order chi connectivity index (χ1) is 12.6. The first kappa shape index (κ1) is 16.7. The van der Waals surface area contributed by atoms with Gasteiger partial charge in [0.2, 0.25) is 5.91 Å². The molecule has 1 aromatic heterocycles. The standard InChI is InChI=1S/C19H15ClFN3O2/c20-15-5-1-3-12(7-15)10-24-11-14(9-17(24)25)18-22-19(26-23-18)13-4-2-6-16(21)8-13/h1-8,14H,9-11H2. The third kappa shape index (κ3) is 3.46. The quantitative estimate of drug-likeness (QED) is 0.694. The lowest BCUT2D eigenvalue weighted by Crippen LogP contribution is -2.24. The summed E-state index contributed by atoms with van der Waals surface area (Å²) >= 11 is 6.00. The normalized spacial score (nSPS) is 17.1. The van der Waals surface area contributed by atoms with E-state index >= 15 is 0 Å². The lowest BCUT2D eigenvalue weighted by atomic mass is 10.1. The van der Waals surface area contributed by atoms with Gasteiger partial charge in [-0.25, -0.2) is 4.39 Å². The van der Waals surface area contributed by atoms with E-state index in [1.807, 2.05) is 18.2 Å². The van der Waals surface area contributed by atoms with Crippen LogP contribution in [0.15, 0.2) is 53.1 Å². The molecular weight excluding hydrogens is 357 g/mol. The SMILES string of the molecule is O=C1CC(c2noc(-c3cccc(F)c3)n2)CN1Cc1cccc(Cl)c1. The highest BCUT2D eigenvalue weighted by atomic mass is 35.5. The Labute approximate surface area is 154 Å². The number of hydrogen-bond donors (Lipinski definition) is 0. The van der Waals surface area contributed by atoms with Crippen molar-refractivity contribution >= 4 is 17.5 Å². The minimum absolute atomic E-state index is 0.0343. The van der Waals surface area contributed by atoms with Crippen molar-refractivity contribution in [2.45, 2.75) is 18.9 Å². The second kappa shape index (κ2) is 6.88. The lowest BCUT2D eigenvalue weighted by molar-refractivity contribution is -0.128. The van der Waals surface area contributed by atoms with Gasteiger partial charge in [-0.05, 0) is 35.9 Å². The molecule has 1 amide bonds. The van der Waals surface area contributed by atoms with Crippen LogP contribution in [-0.2, 0) is 11.3 Å². The number of carbonyl (C=O) groups excluding carboxylic acids is 1. The molecule has 5 nitrogen and oxygen atoms in total. The average molecular weight is 372 g/mol. The first-order valence-corrected chi connectivity index (χ1v) is 8.58. The fourth-order valence-electron chi connectivity index (χ4n) is 3.09. The Hall–Kier alpha value is -2.73. The van der Waals surface area contributed by atoms with Gasteiger partial charge in [0.25, 0.3) is 5.89 Å². The molecule has 1 unspecified atom stereocenters. The molecule has 1 fully saturated rings. The second-order valence-corrected chi connectivity index (χ2v) is 6.71. The number of likely N-dealkylation sites (tertiary alicyclic amines) is 1. The Morgan fingerprint density at radius 1 is 1.23 bits per heavy atom. The van der Waals surface area contributed by atoms with Gasteiger partial charge in [0.15, 0.2) is 5.82 Å². The van der Waals surface area contributed by atoms with Gasteiger partial charge in [0.1, 0.15) is 5.82 Å². The molecule has 0 spiro atoms. The van der Waals surface area contributed by atoms with Crippen LogP contribution in [0.2, 0.25) is 5.02 Å². The Morgan fingerprint density at radius 2 is 2.08 bits per heavy atom. The van der Waals surface area contributed by atoms with Crippen LogP contribution in [0.3, 0.4) is 0 Å². The summed E-state index contributed by atoms with van der Waals surface area (Å²) in [5, 5.41) is 4.63. The van der Waals surface area contributed by atoms with Gasteiger partial charge in [0.05, 0.1) is 0 Å². The maximum Gasteiger partial charge on any atom is 0.258 e. The van der Waals surface area contributed by atoms with Crippen LogP contribution in [0.4, 0.5) is 4.39 Å². The highest BCUT2D eigenvalue weighted by Gasteiger charge is 2.33. The Balaban J connectivity index is 1.49. The molecule has 1 aliphatic heterocycles. The van der Waals surface area contributed by atoms with Gasteiger partial charge in [-0.2, -0.15) is 4.98 Å². The van der Waals surface area contributed by atoms with Crippen molar-refractivity contribution in [1.82, 2.24) is 15.0 Å². The Kier molecular flexibility index (Phi) is 4.42. The van der Waals surface area contributed by atoms with Crippen molar-refractivity contribution in [3.8, 4) is 11.5 Å². The molecule has 1 atom stereocenters. The van der Waals surface area contributed by atoms with E-state index in [2.05, 4.69) is 10.1 Å². The fourth-order valence-corrected chi connectivity index (χ4v) is 3.31. The van der Waals surface area contributed by atoms with E-state index in [4.69, 9.17) is 16.1 Å². The molecule has 0 saturated carbocycles. The molecule has 132 valence electrons. The first-order valence-electron chi connectivity index (χ1n) is 8.20. The summed E-state index contributed by atoms with van der Waals surface area (Å²) in [4.78, 5) is 18.4. The molecule has 0 bridgehead atoms. The molecule has 0 N–H and O–H groups in total. The van der Waals surface area contributed by atoms with Crippen molar-refractivity contribution in [2.75, 3.05) is 6.54 Å². The van der Waals surface area contributed by atoms with Crippen LogP contribution in [0, 0.1) is 5.82 Å². The molecule has 2 heterocycles. The zero-order chi connectivity index (χ0) is 18.1. The summed E-state index contributed by atoms with van der Waals surface area (Å²) in [6.45, 7) is 0.998. The Bertz CT molecular complexity index is 959. The van der Waals surface area contributed by atoms with Crippen LogP contribution in [0.1, 0.15) is 23.7 Å². The van der Waals surface area contributed by atoms with Crippen LogP contribution < -0.4 is 0 Å². The zero-order valence-electron chi connectivity index (χ0n) is 13.7. The molecule has 7 heteroatoms. The molecule has 1 saturated heterocycles. The number of nitrogens with zero attached hydrogens (tertiary/aromatic N) is 3. The predicted molar refractivity (Wildman–Crippen MR) is 93.9 cm³/mol. The van der Waals surface area contributed by atoms with Gasteiger partial charge < -0.3 is 9.42 Å². The highest BCUT2D eigenvalue weighted by molar-refractivity contribution is 6.30. The number of halogens is 2. The summed E-state index contributed by atoms with van der Waals surface area (Å²) in [6.07, 6.45) is 0.322. The summed E-state index contributed by atoms with van der Waals surface area (Å²) in [5.74, 6) is 0.234. The van der Waals surface area contributed by atoms with E-state index in [1.165, 1.54) is 12.1 Å². The van der Waals surface area contributed by atoms with Crippen molar-refractivity contribution in [1.29, 1.82) is 0 Å². The molecule has 1 aliphatic rings. The van der Waals surface area contributed by atoms with Crippen molar-refractivity contribution in [3.05, 3.63) is 70.8 Å². The number of carbonyl (C=O) groups is 1. The third-order valence-corrected chi connectivity index (χ3v) is 4.59. The van der Waals surface area contributed by atoms with Crippen LogP contribution in [0.5, 0.6) is 0 Å². The van der Waals surface area contributed by atoms with Crippen LogP contribution >= 0.6 is 11.6 Å². The van der Waals surface area contributed by atoms with Crippen molar-refractivity contribution in [2.24, 2.45) is 0 Å². The van der Waals surface area contributed by atoms with Crippen LogP contribution in [-0.4, -0.2) is 27.5 Å². The van der Waals surface area contributed by atoms with E-state index in [0.717, 1.165) is 5.56 Å². The smallest absolute Gasteiger partial charge is 0.258 e. The number of aromatic nitrogens is 2. The van der Waals surface area contributed by atoms with Crippen molar-refractivity contribution < 1.29 is 13.7 Å². The van der Waals surface area contributed by atoms with E-state index in [0.29, 0.717) is 35.9 Å². The third-order valence-electron chi connectivity index (χ3n) is 4.36. The number of hydrogen-bond acceptors (Lipinski definition) is 4. The zero-order valence-corrected chi connectivity index (χ0v) is 14.5. The maximum absolute atomic E-state index is 13.3. The topological polar surface area (TPSA) is 59.2 Å². The highest BCUT2D eigenvalue weighted by Crippen LogP contribution is 2.29. The molecule has 3 aromatic rings. The van der Waals surface area contributed by atoms with Gasteiger partial charge in [-0.3, -0.25) is 4.79 Å². The summed E-state index contributed by atoms with van der Waals surface area (Å²) in [5.41, 5.74) is 1.49. The van der Waals surface area contributed by atoms with Crippen molar-refractivity contribution in [3.63, 3.8) is 0 Å². The number of benzene rings is 2. The molecular formula is C19H15ClFN3O2. The largest absolute Gasteiger partial charge is 0.338 e. The van der Waals surface area contributed by atoms with Crippen LogP contribution in [0.25, 0.3) is 11.5 Å². The second-order valence-electron chi connectivity index (χ2n) is 6.27. The van der Waals surface area contributed by atoms with Gasteiger partial charge in [-0.1, -0.05) is 35.0 Å². The van der Waals surface area contributed by atoms with Gasteiger partial charge in [-0.15, -0.1) is 0 Å². The number of rotatable bonds is 4. The van der Waals surface area contributed by atoms with E-state index in [-0.39, 0.29) is 23.5 Å². The van der Waals surface area contributed by atoms with E-state index < -0.39 is 0 Å². The average Bonchev–Trinajstić information content (AvgIpc) is 3.23. The maximum atomic E-state index is 13.3. The van der Waals surface area contributed by atoms with E-state index in [1.54, 1.807) is 23.1 Å². The summed E-state index contributed by atoms with van der Waals surface area (Å²) < 4.78 is 18.6. The number of amides is 1. The predicted octanol–water partition coefficient (Wildman–Crippen LogP) is 4.05. The minimum Gasteiger partial charge on any atom is -0.338 e. The van der Waals surface area contributed by atoms with Gasteiger partial charge in [0, 0.05) is 36.0 Å². The monoisotopic (exact) mass is 371 g/mol. The molecule has 0 aliphatic carbocycles. The molecule has 2 aromatic carbocycles. The molecule has 26 heavy (non-hydrogen) atoms. The lowest BCUT2D eigenvalue weighted by Gasteiger charge is -2.16. The fraction of sp³-hybridized carbons (Fsp3) is 0.211.